The van der Waals surface area contributed by atoms with E-state index < -0.39 is 0 Å². The molecule has 0 rings (SSSR count). The van der Waals surface area contributed by atoms with Gasteiger partial charge in [0.05, 0.1) is 0 Å². The zero-order valence-corrected chi connectivity index (χ0v) is 16.1. The molecule has 0 unspecified atom stereocenters. The Kier molecular flexibility index (Phi) is 90200. The van der Waals surface area contributed by atoms with Crippen molar-refractivity contribution < 1.29 is 106 Å². The van der Waals surface area contributed by atoms with Crippen molar-refractivity contribution >= 4 is 0 Å². The van der Waals surface area contributed by atoms with E-state index in [1.165, 1.54) is 0 Å². The van der Waals surface area contributed by atoms with E-state index in [1.807, 2.05) is 0 Å². The predicted molar refractivity (Wildman–Crippen MR) is 29.8 cm³/mol. The van der Waals surface area contributed by atoms with E-state index in [4.69, 9.17) is 71.0 Å². The summed E-state index contributed by atoms with van der Waals surface area (Å²) < 4.78 is 0. The van der Waals surface area contributed by atoms with Gasteiger partial charge in [0, 0.05) is 0 Å². The summed E-state index contributed by atoms with van der Waals surface area (Å²) in [5.74, 6) is 0. The Morgan fingerprint density at radius 2 is 0.312 bits per heavy atom. The molecule has 10 heteroatoms. The van der Waals surface area contributed by atoms with E-state index in [0.29, 0.717) is 0 Å². The van der Waals surface area contributed by atoms with Crippen LogP contribution in [0.4, 0.5) is 0 Å². The number of hydrogen-bond donors (Lipinski definition) is 0. The fourth-order valence-electron chi connectivity index (χ4n) is 0. The topological polar surface area (TPSA) is 143 Å². The Morgan fingerprint density at radius 3 is 0.312 bits per heavy atom. The van der Waals surface area contributed by atoms with Crippen molar-refractivity contribution in [1.82, 2.24) is 0 Å². The van der Waals surface area contributed by atoms with Gasteiger partial charge in [-0.25, -0.2) is 0 Å². The zero-order valence-electron chi connectivity index (χ0n) is 9.04. The molecule has 0 aromatic heterocycles. The fraction of sp³-hybridized carbons (Fsp3) is 0. The summed E-state index contributed by atoms with van der Waals surface area (Å²) in [5, 5.41) is 37.5. The van der Waals surface area contributed by atoms with E-state index in [-0.39, 0.29) is 106 Å². The largest absolute Gasteiger partial charge is 4.00 e. The quantitative estimate of drug-likeness (QED) is 0.318. The van der Waals surface area contributed by atoms with Crippen LogP contribution >= 0.6 is 0 Å². The van der Waals surface area contributed by atoms with Crippen molar-refractivity contribution in [1.29, 1.82) is 31.6 Å². The van der Waals surface area contributed by atoms with Crippen LogP contribution in [0.1, 0.15) is 0 Å². The van der Waals surface area contributed by atoms with Gasteiger partial charge in [0.25, 0.3) is 0 Å². The maximum absolute atomic E-state index is 6.25. The van der Waals surface area contributed by atoms with Crippen molar-refractivity contribution in [3.05, 3.63) is 39.4 Å². The normalized spacial score (nSPS) is 0.750. The maximum atomic E-state index is 6.25. The van der Waals surface area contributed by atoms with Crippen molar-refractivity contribution in [3.8, 4) is 0 Å². The smallest absolute Gasteiger partial charge is 0.512 e. The first-order valence-corrected chi connectivity index (χ1v) is 1.34. The molecule has 64 valence electrons. The van der Waals surface area contributed by atoms with Crippen molar-refractivity contribution in [2.45, 2.75) is 0 Å². The van der Waals surface area contributed by atoms with Crippen molar-refractivity contribution in [2.24, 2.45) is 0 Å². The Morgan fingerprint density at radius 1 is 0.312 bits per heavy atom. The minimum atomic E-state index is 0. The molecule has 16 heavy (non-hydrogen) atoms. The Balaban J connectivity index is -0.00000000321. The van der Waals surface area contributed by atoms with Gasteiger partial charge in [0.1, 0.15) is 0 Å². The van der Waals surface area contributed by atoms with Crippen LogP contribution in [0.3, 0.4) is 0 Å². The molecule has 0 spiro atoms. The monoisotopic (exact) mass is 281 g/mol. The van der Waals surface area contributed by atoms with Crippen LogP contribution < -0.4 is 88.7 Å². The average Bonchev–Trinajstić information content (AvgIpc) is 2.33. The third kappa shape index (κ3) is 12400. The van der Waals surface area contributed by atoms with E-state index in [1.54, 1.807) is 0 Å². The molecule has 0 radical (unpaired) electrons. The summed E-state index contributed by atoms with van der Waals surface area (Å²) in [7, 11) is 0. The Bertz CT molecular complexity index is 103. The summed E-state index contributed by atoms with van der Waals surface area (Å²) in [6.07, 6.45) is 0. The Labute approximate surface area is 174 Å². The molecule has 0 N–H and O–H groups in total. The first-order valence-electron chi connectivity index (χ1n) is 1.34. The van der Waals surface area contributed by atoms with Gasteiger partial charge in [-0.2, -0.15) is 0 Å². The molecule has 0 aliphatic rings. The molecule has 0 atom stereocenters. The third-order valence-electron chi connectivity index (χ3n) is 0. The van der Waals surface area contributed by atoms with Crippen LogP contribution in [-0.2, 0) is 17.1 Å². The first kappa shape index (κ1) is 94.3. The van der Waals surface area contributed by atoms with Crippen LogP contribution in [0, 0.1) is 71.0 Å². The molecular formula is C6FeN6Na3+. The van der Waals surface area contributed by atoms with Gasteiger partial charge in [-0.1, -0.05) is 0 Å². The molecule has 0 aliphatic carbocycles. The van der Waals surface area contributed by atoms with E-state index in [0.717, 1.165) is 0 Å². The molecule has 0 aliphatic heterocycles. The number of hydrogen-bond acceptors (Lipinski definition) is 6. The van der Waals surface area contributed by atoms with E-state index in [9.17, 15) is 0 Å². The number of nitrogens with zero attached hydrogens (tertiary/aromatic N) is 6. The van der Waals surface area contributed by atoms with Gasteiger partial charge >= 0.3 is 106 Å². The molecule has 0 bridgehead atoms. The predicted octanol–water partition coefficient (Wildman–Crippen LogP) is -8.41. The van der Waals surface area contributed by atoms with E-state index in [2.05, 4.69) is 0 Å². The average molecular weight is 281 g/mol. The van der Waals surface area contributed by atoms with Crippen molar-refractivity contribution in [3.63, 3.8) is 0 Å². The van der Waals surface area contributed by atoms with Crippen LogP contribution in [-0.4, -0.2) is 0 Å². The molecule has 0 amide bonds. The van der Waals surface area contributed by atoms with Gasteiger partial charge in [-0.05, 0) is 0 Å². The fourth-order valence-corrected chi connectivity index (χ4v) is 0. The maximum Gasteiger partial charge on any atom is 4.00 e. The second-order valence-electron chi connectivity index (χ2n) is 0. The van der Waals surface area contributed by atoms with Crippen LogP contribution in [0.2, 0.25) is 0 Å². The molecule has 0 fully saturated rings. The minimum Gasteiger partial charge on any atom is -0.512 e. The molecule has 0 aromatic rings. The summed E-state index contributed by atoms with van der Waals surface area (Å²) in [4.78, 5) is 0. The van der Waals surface area contributed by atoms with Gasteiger partial charge in [-0.3, -0.25) is 0 Å². The summed E-state index contributed by atoms with van der Waals surface area (Å²) >= 11 is 0. The Hall–Kier alpha value is 0.459. The molecule has 0 heterocycles. The van der Waals surface area contributed by atoms with Crippen LogP contribution in [0.5, 0.6) is 0 Å². The molecular weight excluding hydrogens is 281 g/mol. The molecule has 0 aromatic carbocycles. The molecule has 0 saturated carbocycles. The van der Waals surface area contributed by atoms with E-state index >= 15 is 0 Å². The van der Waals surface area contributed by atoms with Gasteiger partial charge in [0.2, 0.25) is 0 Å². The molecule has 6 nitrogen and oxygen atoms in total. The second-order valence-corrected chi connectivity index (χ2v) is 0. The van der Waals surface area contributed by atoms with Gasteiger partial charge in [-0.15, -0.1) is 0 Å². The summed E-state index contributed by atoms with van der Waals surface area (Å²) in [5.41, 5.74) is 0. The third-order valence-corrected chi connectivity index (χ3v) is 0. The molecule has 0 saturated heterocycles. The number of rotatable bonds is 0. The summed E-state index contributed by atoms with van der Waals surface area (Å²) in [6, 6.07) is 0. The van der Waals surface area contributed by atoms with Crippen molar-refractivity contribution in [2.75, 3.05) is 0 Å². The standard InChI is InChI=1S/6CN.Fe.3Na/c6*1-2;;;;/q6*-1;+4;3*+1. The summed E-state index contributed by atoms with van der Waals surface area (Å²) in [6.45, 7) is 28.5. The van der Waals surface area contributed by atoms with Crippen LogP contribution in [0.15, 0.2) is 0 Å². The zero-order chi connectivity index (χ0) is 12.0. The SMILES string of the molecule is [C-]#N.[C-]#N.[C-]#N.[C-]#N.[C-]#N.[C-]#N.[Fe+4].[Na+].[Na+].[Na+]. The first-order chi connectivity index (χ1) is 6.00. The minimum absolute atomic E-state index is 0. The van der Waals surface area contributed by atoms with Gasteiger partial charge < -0.3 is 71.0 Å². The van der Waals surface area contributed by atoms with Gasteiger partial charge in [0.15, 0.2) is 0 Å². The second kappa shape index (κ2) is 15300. The van der Waals surface area contributed by atoms with Crippen LogP contribution in [0.25, 0.3) is 0 Å².